The first-order chi connectivity index (χ1) is 7.36. The molecule has 1 unspecified atom stereocenters. The van der Waals surface area contributed by atoms with Crippen molar-refractivity contribution in [3.05, 3.63) is 0 Å². The first-order valence-corrected chi connectivity index (χ1v) is 6.82. The van der Waals surface area contributed by atoms with Gasteiger partial charge in [-0.15, -0.1) is 0 Å². The molecule has 1 aliphatic heterocycles. The summed E-state index contributed by atoms with van der Waals surface area (Å²) in [4.78, 5) is 2.65. The van der Waals surface area contributed by atoms with Gasteiger partial charge in [-0.1, -0.05) is 26.7 Å². The minimum Gasteiger partial charge on any atom is -0.313 e. The molecule has 0 spiro atoms. The fraction of sp³-hybridized carbons (Fsp3) is 1.00. The van der Waals surface area contributed by atoms with Gasteiger partial charge in [0.25, 0.3) is 0 Å². The number of rotatable bonds is 7. The third-order valence-electron chi connectivity index (χ3n) is 3.25. The smallest absolute Gasteiger partial charge is 0.0194 e. The van der Waals surface area contributed by atoms with E-state index in [2.05, 4.69) is 24.1 Å². The van der Waals surface area contributed by atoms with Crippen LogP contribution in [-0.2, 0) is 0 Å². The van der Waals surface area contributed by atoms with Crippen molar-refractivity contribution in [3.8, 4) is 0 Å². The van der Waals surface area contributed by atoms with E-state index in [1.165, 1.54) is 64.7 Å². The van der Waals surface area contributed by atoms with Gasteiger partial charge in [0.1, 0.15) is 0 Å². The molecule has 1 rings (SSSR count). The molecule has 0 aromatic heterocycles. The van der Waals surface area contributed by atoms with Gasteiger partial charge in [0, 0.05) is 12.6 Å². The van der Waals surface area contributed by atoms with E-state index in [1.807, 2.05) is 0 Å². The summed E-state index contributed by atoms with van der Waals surface area (Å²) < 4.78 is 0. The molecule has 2 nitrogen and oxygen atoms in total. The van der Waals surface area contributed by atoms with Crippen LogP contribution in [0.2, 0.25) is 0 Å². The highest BCUT2D eigenvalue weighted by Crippen LogP contribution is 2.10. The SMILES string of the molecule is CCCNC(CCC)CN1CCCCC1. The Morgan fingerprint density at radius 2 is 1.80 bits per heavy atom. The van der Waals surface area contributed by atoms with Crippen LogP contribution in [0.3, 0.4) is 0 Å². The van der Waals surface area contributed by atoms with Crippen molar-refractivity contribution in [3.63, 3.8) is 0 Å². The molecule has 1 saturated heterocycles. The minimum absolute atomic E-state index is 0.730. The molecule has 2 heteroatoms. The molecule has 1 aliphatic rings. The summed E-state index contributed by atoms with van der Waals surface area (Å²) in [5.74, 6) is 0. The fourth-order valence-corrected chi connectivity index (χ4v) is 2.41. The van der Waals surface area contributed by atoms with Crippen molar-refractivity contribution in [2.75, 3.05) is 26.2 Å². The highest BCUT2D eigenvalue weighted by molar-refractivity contribution is 4.74. The zero-order chi connectivity index (χ0) is 10.9. The van der Waals surface area contributed by atoms with E-state index >= 15 is 0 Å². The Morgan fingerprint density at radius 1 is 1.07 bits per heavy atom. The average molecular weight is 212 g/mol. The largest absolute Gasteiger partial charge is 0.313 e. The minimum atomic E-state index is 0.730. The third kappa shape index (κ3) is 5.53. The maximum atomic E-state index is 3.68. The van der Waals surface area contributed by atoms with Crippen LogP contribution in [-0.4, -0.2) is 37.1 Å². The summed E-state index contributed by atoms with van der Waals surface area (Å²) in [7, 11) is 0. The molecule has 15 heavy (non-hydrogen) atoms. The number of likely N-dealkylation sites (tertiary alicyclic amines) is 1. The fourth-order valence-electron chi connectivity index (χ4n) is 2.41. The van der Waals surface area contributed by atoms with Crippen molar-refractivity contribution in [2.24, 2.45) is 0 Å². The molecule has 1 heterocycles. The maximum absolute atomic E-state index is 3.68. The number of nitrogens with zero attached hydrogens (tertiary/aromatic N) is 1. The zero-order valence-electron chi connectivity index (χ0n) is 10.6. The predicted molar refractivity (Wildman–Crippen MR) is 67.3 cm³/mol. The predicted octanol–water partition coefficient (Wildman–Crippen LogP) is 2.64. The Bertz CT molecular complexity index is 141. The first-order valence-electron chi connectivity index (χ1n) is 6.82. The summed E-state index contributed by atoms with van der Waals surface area (Å²) in [6.45, 7) is 9.64. The molecule has 1 atom stereocenters. The van der Waals surface area contributed by atoms with Crippen molar-refractivity contribution < 1.29 is 0 Å². The molecule has 0 aromatic carbocycles. The second-order valence-corrected chi connectivity index (χ2v) is 4.80. The second-order valence-electron chi connectivity index (χ2n) is 4.80. The topological polar surface area (TPSA) is 15.3 Å². The zero-order valence-corrected chi connectivity index (χ0v) is 10.6. The Hall–Kier alpha value is -0.0800. The lowest BCUT2D eigenvalue weighted by atomic mass is 10.1. The quantitative estimate of drug-likeness (QED) is 0.698. The number of hydrogen-bond acceptors (Lipinski definition) is 2. The molecule has 0 bridgehead atoms. The second kappa shape index (κ2) is 8.12. The number of piperidine rings is 1. The maximum Gasteiger partial charge on any atom is 0.0194 e. The van der Waals surface area contributed by atoms with Crippen molar-refractivity contribution in [2.45, 2.75) is 58.4 Å². The molecular weight excluding hydrogens is 184 g/mol. The lowest BCUT2D eigenvalue weighted by Gasteiger charge is -2.30. The number of nitrogens with one attached hydrogen (secondary N) is 1. The van der Waals surface area contributed by atoms with Gasteiger partial charge in [-0.05, 0) is 45.3 Å². The highest BCUT2D eigenvalue weighted by Gasteiger charge is 2.14. The molecule has 90 valence electrons. The summed E-state index contributed by atoms with van der Waals surface area (Å²) in [5, 5.41) is 3.68. The lowest BCUT2D eigenvalue weighted by molar-refractivity contribution is 0.201. The van der Waals surface area contributed by atoms with Crippen LogP contribution in [0, 0.1) is 0 Å². The van der Waals surface area contributed by atoms with E-state index in [1.54, 1.807) is 0 Å². The van der Waals surface area contributed by atoms with Crippen LogP contribution in [0.5, 0.6) is 0 Å². The molecule has 0 saturated carbocycles. The molecule has 1 N–H and O–H groups in total. The van der Waals surface area contributed by atoms with E-state index in [4.69, 9.17) is 0 Å². The Morgan fingerprint density at radius 3 is 2.40 bits per heavy atom. The third-order valence-corrected chi connectivity index (χ3v) is 3.25. The summed E-state index contributed by atoms with van der Waals surface area (Å²) in [6.07, 6.45) is 8.14. The highest BCUT2D eigenvalue weighted by atomic mass is 15.1. The van der Waals surface area contributed by atoms with Crippen LogP contribution < -0.4 is 5.32 Å². The lowest BCUT2D eigenvalue weighted by Crippen LogP contribution is -2.43. The van der Waals surface area contributed by atoms with Crippen molar-refractivity contribution in [1.29, 1.82) is 0 Å². The average Bonchev–Trinajstić information content (AvgIpc) is 2.28. The van der Waals surface area contributed by atoms with E-state index < -0.39 is 0 Å². The summed E-state index contributed by atoms with van der Waals surface area (Å²) in [5.41, 5.74) is 0. The summed E-state index contributed by atoms with van der Waals surface area (Å²) in [6, 6.07) is 0.730. The van der Waals surface area contributed by atoms with Gasteiger partial charge in [-0.3, -0.25) is 0 Å². The molecule has 0 radical (unpaired) electrons. The van der Waals surface area contributed by atoms with E-state index in [0.29, 0.717) is 0 Å². The van der Waals surface area contributed by atoms with Crippen LogP contribution in [0.15, 0.2) is 0 Å². The number of hydrogen-bond donors (Lipinski definition) is 1. The van der Waals surface area contributed by atoms with Gasteiger partial charge in [0.05, 0.1) is 0 Å². The van der Waals surface area contributed by atoms with Crippen molar-refractivity contribution in [1.82, 2.24) is 10.2 Å². The van der Waals surface area contributed by atoms with Gasteiger partial charge in [-0.2, -0.15) is 0 Å². The Labute approximate surface area is 95.4 Å². The van der Waals surface area contributed by atoms with Crippen LogP contribution in [0.1, 0.15) is 52.4 Å². The van der Waals surface area contributed by atoms with Gasteiger partial charge in [-0.25, -0.2) is 0 Å². The monoisotopic (exact) mass is 212 g/mol. The van der Waals surface area contributed by atoms with Crippen LogP contribution in [0.4, 0.5) is 0 Å². The molecular formula is C13H28N2. The molecule has 0 amide bonds. The van der Waals surface area contributed by atoms with E-state index in [-0.39, 0.29) is 0 Å². The Kier molecular flexibility index (Phi) is 7.03. The van der Waals surface area contributed by atoms with Gasteiger partial charge < -0.3 is 10.2 Å². The molecule has 1 fully saturated rings. The van der Waals surface area contributed by atoms with E-state index in [0.717, 1.165) is 6.04 Å². The normalized spacial score (nSPS) is 20.4. The van der Waals surface area contributed by atoms with E-state index in [9.17, 15) is 0 Å². The van der Waals surface area contributed by atoms with Gasteiger partial charge in [0.15, 0.2) is 0 Å². The van der Waals surface area contributed by atoms with Crippen LogP contribution >= 0.6 is 0 Å². The van der Waals surface area contributed by atoms with Crippen LogP contribution in [0.25, 0.3) is 0 Å². The van der Waals surface area contributed by atoms with Gasteiger partial charge in [0.2, 0.25) is 0 Å². The molecule has 0 aromatic rings. The van der Waals surface area contributed by atoms with Crippen molar-refractivity contribution >= 4 is 0 Å². The first kappa shape index (κ1) is 13.0. The standard InChI is InChI=1S/C13H28N2/c1-3-8-13(14-9-4-2)12-15-10-6-5-7-11-15/h13-14H,3-12H2,1-2H3. The summed E-state index contributed by atoms with van der Waals surface area (Å²) >= 11 is 0. The van der Waals surface area contributed by atoms with Gasteiger partial charge >= 0.3 is 0 Å². The Balaban J connectivity index is 2.21. The molecule has 0 aliphatic carbocycles.